The van der Waals surface area contributed by atoms with E-state index in [1.54, 1.807) is 13.0 Å². The lowest BCUT2D eigenvalue weighted by Crippen LogP contribution is -2.43. The maximum absolute atomic E-state index is 11.6. The molecule has 100 valence electrons. The Kier molecular flexibility index (Phi) is 2.77. The molecular formula is C14H16N2O3. The molecule has 0 amide bonds. The van der Waals surface area contributed by atoms with Gasteiger partial charge in [-0.3, -0.25) is 14.9 Å². The average molecular weight is 260 g/mol. The number of anilines is 1. The molecule has 5 nitrogen and oxygen atoms in total. The molecule has 2 saturated heterocycles. The lowest BCUT2D eigenvalue weighted by molar-refractivity contribution is -0.385. The Morgan fingerprint density at radius 3 is 2.42 bits per heavy atom. The van der Waals surface area contributed by atoms with Crippen molar-refractivity contribution in [3.8, 4) is 0 Å². The molecule has 19 heavy (non-hydrogen) atoms. The van der Waals surface area contributed by atoms with E-state index in [0.717, 1.165) is 18.5 Å². The highest BCUT2D eigenvalue weighted by molar-refractivity contribution is 5.83. The number of hydrogen-bond donors (Lipinski definition) is 0. The molecule has 0 aliphatic carbocycles. The highest BCUT2D eigenvalue weighted by Crippen LogP contribution is 2.39. The van der Waals surface area contributed by atoms with Crippen molar-refractivity contribution in [2.45, 2.75) is 44.7 Å². The van der Waals surface area contributed by atoms with Crippen molar-refractivity contribution < 1.29 is 9.72 Å². The largest absolute Gasteiger partial charge is 0.365 e. The summed E-state index contributed by atoms with van der Waals surface area (Å²) in [6.45, 7) is 1.76. The first-order valence-corrected chi connectivity index (χ1v) is 6.61. The van der Waals surface area contributed by atoms with Crippen molar-refractivity contribution in [3.05, 3.63) is 33.9 Å². The topological polar surface area (TPSA) is 63.5 Å². The fourth-order valence-electron chi connectivity index (χ4n) is 3.40. The molecule has 2 heterocycles. The lowest BCUT2D eigenvalue weighted by atomic mass is 10.00. The first-order valence-electron chi connectivity index (χ1n) is 6.61. The van der Waals surface area contributed by atoms with E-state index in [0.29, 0.717) is 24.2 Å². The quantitative estimate of drug-likeness (QED) is 0.605. The molecule has 2 atom stereocenters. The summed E-state index contributed by atoms with van der Waals surface area (Å²) in [4.78, 5) is 24.4. The molecule has 2 fully saturated rings. The van der Waals surface area contributed by atoms with Crippen LogP contribution in [0.4, 0.5) is 11.4 Å². The number of rotatable bonds is 2. The molecule has 2 unspecified atom stereocenters. The van der Waals surface area contributed by atoms with Gasteiger partial charge in [-0.1, -0.05) is 0 Å². The number of carbonyl (C=O) groups is 1. The molecule has 0 saturated carbocycles. The van der Waals surface area contributed by atoms with Crippen LogP contribution in [0.1, 0.15) is 31.2 Å². The van der Waals surface area contributed by atoms with Crippen LogP contribution in [0.3, 0.4) is 0 Å². The van der Waals surface area contributed by atoms with Gasteiger partial charge in [0.15, 0.2) is 0 Å². The molecule has 3 rings (SSSR count). The summed E-state index contributed by atoms with van der Waals surface area (Å²) in [5.74, 6) is 0.349. The van der Waals surface area contributed by atoms with Crippen molar-refractivity contribution in [1.29, 1.82) is 0 Å². The molecule has 0 spiro atoms. The zero-order valence-electron chi connectivity index (χ0n) is 10.8. The Balaban J connectivity index is 1.93. The van der Waals surface area contributed by atoms with Crippen molar-refractivity contribution in [2.75, 3.05) is 4.90 Å². The third-order valence-electron chi connectivity index (χ3n) is 4.22. The second-order valence-electron chi connectivity index (χ2n) is 5.47. The van der Waals surface area contributed by atoms with E-state index >= 15 is 0 Å². The van der Waals surface area contributed by atoms with Crippen molar-refractivity contribution in [3.63, 3.8) is 0 Å². The van der Waals surface area contributed by atoms with Crippen LogP contribution in [0.5, 0.6) is 0 Å². The number of nitro groups is 1. The maximum atomic E-state index is 11.6. The number of ketones is 1. The van der Waals surface area contributed by atoms with Gasteiger partial charge in [0.05, 0.1) is 4.92 Å². The van der Waals surface area contributed by atoms with Crippen LogP contribution in [0, 0.1) is 17.0 Å². The van der Waals surface area contributed by atoms with Gasteiger partial charge in [-0.2, -0.15) is 0 Å². The van der Waals surface area contributed by atoms with E-state index in [-0.39, 0.29) is 22.7 Å². The van der Waals surface area contributed by atoms with Crippen LogP contribution in [0.15, 0.2) is 18.2 Å². The first kappa shape index (κ1) is 12.1. The standard InChI is InChI=1S/C14H16N2O3/c1-9-6-10(4-5-14(9)16(18)19)15-11-2-3-12(15)8-13(17)7-11/h4-6,11-12H,2-3,7-8H2,1H3. The van der Waals surface area contributed by atoms with E-state index in [1.807, 2.05) is 12.1 Å². The van der Waals surface area contributed by atoms with Gasteiger partial charge in [-0.25, -0.2) is 0 Å². The second kappa shape index (κ2) is 4.33. The van der Waals surface area contributed by atoms with Gasteiger partial charge in [-0.15, -0.1) is 0 Å². The Labute approximate surface area is 111 Å². The van der Waals surface area contributed by atoms with Crippen LogP contribution >= 0.6 is 0 Å². The molecule has 1 aromatic rings. The molecular weight excluding hydrogens is 244 g/mol. The number of nitrogens with zero attached hydrogens (tertiary/aromatic N) is 2. The van der Waals surface area contributed by atoms with E-state index < -0.39 is 0 Å². The second-order valence-corrected chi connectivity index (χ2v) is 5.47. The van der Waals surface area contributed by atoms with Crippen LogP contribution in [-0.2, 0) is 4.79 Å². The third-order valence-corrected chi connectivity index (χ3v) is 4.22. The number of nitro benzene ring substituents is 1. The number of hydrogen-bond acceptors (Lipinski definition) is 4. The van der Waals surface area contributed by atoms with Gasteiger partial charge < -0.3 is 4.90 Å². The molecule has 1 aromatic carbocycles. The summed E-state index contributed by atoms with van der Waals surface area (Å²) in [6, 6.07) is 5.82. The Morgan fingerprint density at radius 1 is 1.26 bits per heavy atom. The molecule has 0 radical (unpaired) electrons. The zero-order chi connectivity index (χ0) is 13.6. The summed E-state index contributed by atoms with van der Waals surface area (Å²) >= 11 is 0. The summed E-state index contributed by atoms with van der Waals surface area (Å²) < 4.78 is 0. The van der Waals surface area contributed by atoms with E-state index in [2.05, 4.69) is 4.90 Å². The summed E-state index contributed by atoms with van der Waals surface area (Å²) in [5, 5.41) is 10.8. The monoisotopic (exact) mass is 260 g/mol. The Hall–Kier alpha value is -1.91. The van der Waals surface area contributed by atoms with E-state index in [1.165, 1.54) is 0 Å². The Bertz CT molecular complexity index is 540. The smallest absolute Gasteiger partial charge is 0.272 e. The van der Waals surface area contributed by atoms with Crippen molar-refractivity contribution in [1.82, 2.24) is 0 Å². The minimum Gasteiger partial charge on any atom is -0.365 e. The highest BCUT2D eigenvalue weighted by atomic mass is 16.6. The van der Waals surface area contributed by atoms with Gasteiger partial charge >= 0.3 is 0 Å². The Morgan fingerprint density at radius 2 is 1.89 bits per heavy atom. The number of aryl methyl sites for hydroxylation is 1. The minimum atomic E-state index is -0.354. The normalized spacial score (nSPS) is 25.7. The van der Waals surface area contributed by atoms with Gasteiger partial charge in [-0.05, 0) is 31.9 Å². The number of Topliss-reactive ketones (excluding diaryl/α,β-unsaturated/α-hetero) is 1. The molecule has 2 bridgehead atoms. The zero-order valence-corrected chi connectivity index (χ0v) is 10.8. The van der Waals surface area contributed by atoms with Crippen LogP contribution in [0.25, 0.3) is 0 Å². The summed E-state index contributed by atoms with van der Waals surface area (Å²) in [5.41, 5.74) is 1.85. The van der Waals surface area contributed by atoms with Gasteiger partial charge in [0.2, 0.25) is 0 Å². The fourth-order valence-corrected chi connectivity index (χ4v) is 3.40. The van der Waals surface area contributed by atoms with Crippen LogP contribution in [0.2, 0.25) is 0 Å². The predicted molar refractivity (Wildman–Crippen MR) is 71.4 cm³/mol. The van der Waals surface area contributed by atoms with E-state index in [4.69, 9.17) is 0 Å². The fraction of sp³-hybridized carbons (Fsp3) is 0.500. The maximum Gasteiger partial charge on any atom is 0.272 e. The summed E-state index contributed by atoms with van der Waals surface area (Å²) in [7, 11) is 0. The SMILES string of the molecule is Cc1cc(N2C3CCC2CC(=O)C3)ccc1[N+](=O)[O-]. The average Bonchev–Trinajstić information content (AvgIpc) is 2.61. The van der Waals surface area contributed by atoms with Gasteiger partial charge in [0.1, 0.15) is 5.78 Å². The number of carbonyl (C=O) groups excluding carboxylic acids is 1. The summed E-state index contributed by atoms with van der Waals surface area (Å²) in [6.07, 6.45) is 3.33. The number of benzene rings is 1. The molecule has 2 aliphatic rings. The number of fused-ring (bicyclic) bond motifs is 2. The predicted octanol–water partition coefficient (Wildman–Crippen LogP) is 2.60. The van der Waals surface area contributed by atoms with Crippen molar-refractivity contribution >= 4 is 17.2 Å². The minimum absolute atomic E-state index is 0.157. The first-order chi connectivity index (χ1) is 9.06. The van der Waals surface area contributed by atoms with E-state index in [9.17, 15) is 14.9 Å². The molecule has 5 heteroatoms. The third kappa shape index (κ3) is 1.99. The molecule has 0 N–H and O–H groups in total. The van der Waals surface area contributed by atoms with Gasteiger partial charge in [0.25, 0.3) is 5.69 Å². The molecule has 2 aliphatic heterocycles. The van der Waals surface area contributed by atoms with Crippen LogP contribution in [-0.4, -0.2) is 22.8 Å². The van der Waals surface area contributed by atoms with Crippen molar-refractivity contribution in [2.24, 2.45) is 0 Å². The lowest BCUT2D eigenvalue weighted by Gasteiger charge is -2.36. The highest BCUT2D eigenvalue weighted by Gasteiger charge is 2.40. The van der Waals surface area contributed by atoms with Crippen LogP contribution < -0.4 is 4.90 Å². The number of piperidine rings is 1. The van der Waals surface area contributed by atoms with Gasteiger partial charge in [0, 0.05) is 42.2 Å². The molecule has 0 aromatic heterocycles.